The molecule has 0 spiro atoms. The molecule has 5 nitrogen and oxygen atoms in total. The van der Waals surface area contributed by atoms with E-state index in [2.05, 4.69) is 0 Å². The Bertz CT molecular complexity index is 1130. The van der Waals surface area contributed by atoms with Gasteiger partial charge in [-0.15, -0.1) is 0 Å². The summed E-state index contributed by atoms with van der Waals surface area (Å²) in [7, 11) is 1.72. The summed E-state index contributed by atoms with van der Waals surface area (Å²) in [5.41, 5.74) is 0.586. The van der Waals surface area contributed by atoms with Crippen molar-refractivity contribution >= 4 is 17.5 Å². The molecular formula is C26H24F2N2O3. The quantitative estimate of drug-likeness (QED) is 0.532. The van der Waals surface area contributed by atoms with Gasteiger partial charge in [0, 0.05) is 37.8 Å². The average Bonchev–Trinajstić information content (AvgIpc) is 2.84. The number of benzene rings is 3. The molecule has 0 N–H and O–H groups in total. The van der Waals surface area contributed by atoms with Crippen LogP contribution in [0.5, 0.6) is 11.5 Å². The van der Waals surface area contributed by atoms with E-state index in [0.717, 1.165) is 23.6 Å². The highest BCUT2D eigenvalue weighted by Crippen LogP contribution is 2.27. The van der Waals surface area contributed by atoms with Gasteiger partial charge in [-0.2, -0.15) is 0 Å². The van der Waals surface area contributed by atoms with Gasteiger partial charge in [-0.25, -0.2) is 8.78 Å². The molecule has 0 bridgehead atoms. The van der Waals surface area contributed by atoms with Crippen LogP contribution < -0.4 is 9.64 Å². The Morgan fingerprint density at radius 1 is 0.909 bits per heavy atom. The molecule has 1 saturated heterocycles. The summed E-state index contributed by atoms with van der Waals surface area (Å²) < 4.78 is 32.8. The van der Waals surface area contributed by atoms with Crippen molar-refractivity contribution in [1.82, 2.24) is 4.90 Å². The van der Waals surface area contributed by atoms with Gasteiger partial charge in [0.2, 0.25) is 5.91 Å². The third-order valence-corrected chi connectivity index (χ3v) is 5.83. The van der Waals surface area contributed by atoms with Crippen LogP contribution in [0.3, 0.4) is 0 Å². The third-order valence-electron chi connectivity index (χ3n) is 5.83. The summed E-state index contributed by atoms with van der Waals surface area (Å²) in [6, 6.07) is 19.6. The fraction of sp³-hybridized carbons (Fsp3) is 0.231. The van der Waals surface area contributed by atoms with Crippen molar-refractivity contribution in [1.29, 1.82) is 0 Å². The number of carbonyl (C=O) groups is 2. The number of para-hydroxylation sites is 1. The number of carbonyl (C=O) groups excluding carboxylic acids is 2. The lowest BCUT2D eigenvalue weighted by Crippen LogP contribution is -2.43. The molecule has 1 aliphatic rings. The fourth-order valence-corrected chi connectivity index (χ4v) is 3.93. The van der Waals surface area contributed by atoms with E-state index in [0.29, 0.717) is 37.7 Å². The first-order valence-electron chi connectivity index (χ1n) is 10.8. The maximum Gasteiger partial charge on any atom is 0.256 e. The Balaban J connectivity index is 1.34. The average molecular weight is 450 g/mol. The molecule has 0 radical (unpaired) electrons. The number of amides is 2. The molecule has 7 heteroatoms. The Morgan fingerprint density at radius 3 is 2.18 bits per heavy atom. The molecule has 0 saturated carbocycles. The minimum atomic E-state index is -0.877. The van der Waals surface area contributed by atoms with Crippen LogP contribution in [0, 0.1) is 17.6 Å². The van der Waals surface area contributed by atoms with Crippen LogP contribution in [0.15, 0.2) is 72.8 Å². The summed E-state index contributed by atoms with van der Waals surface area (Å²) in [6.07, 6.45) is 0.958. The Hall–Kier alpha value is -3.74. The number of piperidine rings is 1. The first-order valence-corrected chi connectivity index (χ1v) is 10.8. The number of hydrogen-bond acceptors (Lipinski definition) is 3. The second-order valence-electron chi connectivity index (χ2n) is 8.00. The summed E-state index contributed by atoms with van der Waals surface area (Å²) in [5, 5.41) is 0. The van der Waals surface area contributed by atoms with Crippen molar-refractivity contribution in [3.8, 4) is 11.5 Å². The molecule has 2 amide bonds. The predicted octanol–water partition coefficient (Wildman–Crippen LogP) is 5.27. The van der Waals surface area contributed by atoms with Crippen LogP contribution in [0.2, 0.25) is 0 Å². The number of halogens is 2. The van der Waals surface area contributed by atoms with Gasteiger partial charge in [-0.3, -0.25) is 9.59 Å². The highest BCUT2D eigenvalue weighted by atomic mass is 19.1. The van der Waals surface area contributed by atoms with Gasteiger partial charge in [-0.1, -0.05) is 18.2 Å². The molecule has 1 aliphatic heterocycles. The number of rotatable bonds is 5. The smallest absolute Gasteiger partial charge is 0.256 e. The predicted molar refractivity (Wildman–Crippen MR) is 121 cm³/mol. The van der Waals surface area contributed by atoms with Crippen LogP contribution >= 0.6 is 0 Å². The summed E-state index contributed by atoms with van der Waals surface area (Å²) >= 11 is 0. The van der Waals surface area contributed by atoms with E-state index in [9.17, 15) is 18.4 Å². The van der Waals surface area contributed by atoms with E-state index in [4.69, 9.17) is 4.74 Å². The van der Waals surface area contributed by atoms with Gasteiger partial charge in [-0.05, 0) is 61.4 Å². The second kappa shape index (κ2) is 9.81. The van der Waals surface area contributed by atoms with E-state index in [-0.39, 0.29) is 17.4 Å². The molecular weight excluding hydrogens is 426 g/mol. The zero-order chi connectivity index (χ0) is 23.4. The Labute approximate surface area is 191 Å². The standard InChI is InChI=1S/C26H24F2N2O3/c1-29(20-8-10-22(11-9-20)33-21-5-3-2-4-6-21)25(31)18-13-15-30(16-14-18)26(32)23-12-7-19(27)17-24(23)28/h2-12,17-18H,13-16H2,1H3. The lowest BCUT2D eigenvalue weighted by Gasteiger charge is -2.33. The van der Waals surface area contributed by atoms with E-state index in [1.165, 1.54) is 4.90 Å². The number of likely N-dealkylation sites (tertiary alicyclic amines) is 1. The molecule has 3 aromatic rings. The lowest BCUT2D eigenvalue weighted by molar-refractivity contribution is -0.123. The summed E-state index contributed by atoms with van der Waals surface area (Å²) in [4.78, 5) is 28.7. The van der Waals surface area contributed by atoms with Crippen molar-refractivity contribution in [2.75, 3.05) is 25.0 Å². The summed E-state index contributed by atoms with van der Waals surface area (Å²) in [5.74, 6) is -0.958. The maximum absolute atomic E-state index is 13.9. The minimum absolute atomic E-state index is 0.0354. The van der Waals surface area contributed by atoms with Crippen molar-refractivity contribution in [2.45, 2.75) is 12.8 Å². The molecule has 0 unspecified atom stereocenters. The van der Waals surface area contributed by atoms with Crippen LogP contribution in [0.1, 0.15) is 23.2 Å². The number of ether oxygens (including phenoxy) is 1. The highest BCUT2D eigenvalue weighted by molar-refractivity contribution is 5.96. The molecule has 3 aromatic carbocycles. The first kappa shape index (κ1) is 22.5. The van der Waals surface area contributed by atoms with E-state index >= 15 is 0 Å². The monoisotopic (exact) mass is 450 g/mol. The number of nitrogens with zero attached hydrogens (tertiary/aromatic N) is 2. The zero-order valence-electron chi connectivity index (χ0n) is 18.2. The van der Waals surface area contributed by atoms with Crippen molar-refractivity contribution in [2.24, 2.45) is 5.92 Å². The van der Waals surface area contributed by atoms with Crippen LogP contribution in [-0.4, -0.2) is 36.9 Å². The van der Waals surface area contributed by atoms with Gasteiger partial charge >= 0.3 is 0 Å². The largest absolute Gasteiger partial charge is 0.457 e. The minimum Gasteiger partial charge on any atom is -0.457 e. The zero-order valence-corrected chi connectivity index (χ0v) is 18.2. The van der Waals surface area contributed by atoms with E-state index in [1.54, 1.807) is 11.9 Å². The fourth-order valence-electron chi connectivity index (χ4n) is 3.93. The van der Waals surface area contributed by atoms with Crippen LogP contribution in [0.4, 0.5) is 14.5 Å². The second-order valence-corrected chi connectivity index (χ2v) is 8.00. The number of anilines is 1. The van der Waals surface area contributed by atoms with Gasteiger partial charge in [0.15, 0.2) is 0 Å². The number of hydrogen-bond donors (Lipinski definition) is 0. The van der Waals surface area contributed by atoms with Crippen molar-refractivity contribution in [3.63, 3.8) is 0 Å². The third kappa shape index (κ3) is 5.19. The molecule has 0 atom stereocenters. The maximum atomic E-state index is 13.9. The Kier molecular flexibility index (Phi) is 6.68. The normalized spacial score (nSPS) is 14.1. The molecule has 4 rings (SSSR count). The van der Waals surface area contributed by atoms with Gasteiger partial charge in [0.1, 0.15) is 23.1 Å². The van der Waals surface area contributed by atoms with Gasteiger partial charge < -0.3 is 14.5 Å². The molecule has 0 aliphatic carbocycles. The van der Waals surface area contributed by atoms with Crippen molar-refractivity contribution in [3.05, 3.63) is 90.0 Å². The molecule has 33 heavy (non-hydrogen) atoms. The van der Waals surface area contributed by atoms with Crippen molar-refractivity contribution < 1.29 is 23.1 Å². The van der Waals surface area contributed by atoms with Crippen LogP contribution in [-0.2, 0) is 4.79 Å². The van der Waals surface area contributed by atoms with E-state index in [1.807, 2.05) is 54.6 Å². The topological polar surface area (TPSA) is 49.9 Å². The van der Waals surface area contributed by atoms with E-state index < -0.39 is 17.5 Å². The van der Waals surface area contributed by atoms with Crippen LogP contribution in [0.25, 0.3) is 0 Å². The SMILES string of the molecule is CN(C(=O)C1CCN(C(=O)c2ccc(F)cc2F)CC1)c1ccc(Oc2ccccc2)cc1. The highest BCUT2D eigenvalue weighted by Gasteiger charge is 2.30. The Morgan fingerprint density at radius 2 is 1.55 bits per heavy atom. The molecule has 170 valence electrons. The van der Waals surface area contributed by atoms with Gasteiger partial charge in [0.05, 0.1) is 5.56 Å². The lowest BCUT2D eigenvalue weighted by atomic mass is 9.94. The molecule has 0 aromatic heterocycles. The first-order chi connectivity index (χ1) is 15.9. The summed E-state index contributed by atoms with van der Waals surface area (Å²) in [6.45, 7) is 0.674. The van der Waals surface area contributed by atoms with Gasteiger partial charge in [0.25, 0.3) is 5.91 Å². The molecule has 1 heterocycles. The molecule has 1 fully saturated rings.